The van der Waals surface area contributed by atoms with E-state index in [9.17, 15) is 19.2 Å². The number of ether oxygens (including phenoxy) is 1. The van der Waals surface area contributed by atoms with Crippen molar-refractivity contribution in [2.45, 2.75) is 19.9 Å². The molecule has 1 aromatic rings. The molecule has 1 atom stereocenters. The minimum absolute atomic E-state index is 0.00570. The molecule has 0 spiro atoms. The molecule has 2 heterocycles. The molecule has 0 fully saturated rings. The SMILES string of the molecule is CC(C)COC(=O)Nc1ccsc1C1=NC(C(=O)O)C(=O)C(=O)N1C. The number of carboxylic acid groups (broad SMARTS) is 1. The van der Waals surface area contributed by atoms with Gasteiger partial charge in [0.2, 0.25) is 6.04 Å². The zero-order valence-corrected chi connectivity index (χ0v) is 14.6. The molecule has 0 radical (unpaired) electrons. The first-order valence-corrected chi connectivity index (χ1v) is 8.24. The number of hydrogen-bond donors (Lipinski definition) is 2. The van der Waals surface area contributed by atoms with Crippen LogP contribution in [0.2, 0.25) is 0 Å². The fourth-order valence-electron chi connectivity index (χ4n) is 1.99. The van der Waals surface area contributed by atoms with Crippen LogP contribution in [0.1, 0.15) is 18.7 Å². The number of carboxylic acids is 1. The number of carbonyl (C=O) groups excluding carboxylic acids is 3. The topological polar surface area (TPSA) is 125 Å². The van der Waals surface area contributed by atoms with Gasteiger partial charge in [-0.3, -0.25) is 19.8 Å². The first-order valence-electron chi connectivity index (χ1n) is 7.36. The standard InChI is InChI=1S/C15H17N3O6S/c1-7(2)6-24-15(23)16-8-4-5-25-11(8)12-17-9(14(21)22)10(19)13(20)18(12)3/h4-5,7,9H,6H2,1-3H3,(H,16,23)(H,21,22). The number of carbonyl (C=O) groups is 4. The lowest BCUT2D eigenvalue weighted by atomic mass is 10.1. The molecule has 2 N–H and O–H groups in total. The number of aliphatic imine (C=N–C) groups is 1. The molecule has 1 aromatic heterocycles. The molecule has 0 aliphatic carbocycles. The van der Waals surface area contributed by atoms with E-state index in [1.54, 1.807) is 11.4 Å². The van der Waals surface area contributed by atoms with Gasteiger partial charge in [0.05, 0.1) is 17.2 Å². The van der Waals surface area contributed by atoms with Gasteiger partial charge >= 0.3 is 12.1 Å². The quantitative estimate of drug-likeness (QED) is 0.595. The number of likely N-dealkylation sites (N-methyl/N-ethyl adjacent to an activating group) is 1. The largest absolute Gasteiger partial charge is 0.479 e. The summed E-state index contributed by atoms with van der Waals surface area (Å²) in [7, 11) is 1.32. The lowest BCUT2D eigenvalue weighted by Crippen LogP contribution is -2.50. The maximum atomic E-state index is 12.0. The van der Waals surface area contributed by atoms with Crippen LogP contribution < -0.4 is 5.32 Å². The molecule has 25 heavy (non-hydrogen) atoms. The Morgan fingerprint density at radius 3 is 2.72 bits per heavy atom. The Kier molecular flexibility index (Phi) is 5.52. The predicted molar refractivity (Wildman–Crippen MR) is 89.9 cm³/mol. The van der Waals surface area contributed by atoms with E-state index in [0.717, 1.165) is 16.2 Å². The molecule has 134 valence electrons. The smallest absolute Gasteiger partial charge is 0.411 e. The Balaban J connectivity index is 2.29. The minimum Gasteiger partial charge on any atom is -0.479 e. The molecule has 2 rings (SSSR count). The first kappa shape index (κ1) is 18.6. The second-order valence-corrected chi connectivity index (χ2v) is 6.62. The highest BCUT2D eigenvalue weighted by Crippen LogP contribution is 2.27. The van der Waals surface area contributed by atoms with E-state index in [0.29, 0.717) is 10.6 Å². The van der Waals surface area contributed by atoms with Gasteiger partial charge in [-0.2, -0.15) is 0 Å². The number of Topliss-reactive ketones (excluding diaryl/α,β-unsaturated/α-hetero) is 1. The number of amidine groups is 1. The van der Waals surface area contributed by atoms with Crippen LogP contribution >= 0.6 is 11.3 Å². The van der Waals surface area contributed by atoms with Crippen LogP contribution in [0.15, 0.2) is 16.4 Å². The number of hydrogen-bond acceptors (Lipinski definition) is 7. The molecule has 0 aromatic carbocycles. The van der Waals surface area contributed by atoms with Crippen LogP contribution in [0.3, 0.4) is 0 Å². The zero-order chi connectivity index (χ0) is 18.7. The Morgan fingerprint density at radius 2 is 2.12 bits per heavy atom. The summed E-state index contributed by atoms with van der Waals surface area (Å²) in [6, 6.07) is -0.217. The number of nitrogens with one attached hydrogen (secondary N) is 1. The zero-order valence-electron chi connectivity index (χ0n) is 13.8. The van der Waals surface area contributed by atoms with Gasteiger partial charge in [-0.15, -0.1) is 11.3 Å². The predicted octanol–water partition coefficient (Wildman–Crippen LogP) is 1.19. The molecule has 10 heteroatoms. The van der Waals surface area contributed by atoms with Gasteiger partial charge < -0.3 is 9.84 Å². The maximum absolute atomic E-state index is 12.0. The fourth-order valence-corrected chi connectivity index (χ4v) is 2.87. The molecular formula is C15H17N3O6S. The van der Waals surface area contributed by atoms with Gasteiger partial charge in [-0.1, -0.05) is 13.8 Å². The van der Waals surface area contributed by atoms with Crippen molar-refractivity contribution in [3.63, 3.8) is 0 Å². The molecule has 1 unspecified atom stereocenters. The van der Waals surface area contributed by atoms with Crippen LogP contribution in [0, 0.1) is 5.92 Å². The van der Waals surface area contributed by atoms with Gasteiger partial charge in [0.15, 0.2) is 5.84 Å². The second kappa shape index (κ2) is 7.43. The van der Waals surface area contributed by atoms with E-state index in [1.807, 2.05) is 13.8 Å². The van der Waals surface area contributed by atoms with Crippen molar-refractivity contribution in [2.75, 3.05) is 19.0 Å². The van der Waals surface area contributed by atoms with E-state index in [-0.39, 0.29) is 18.4 Å². The molecule has 0 bridgehead atoms. The summed E-state index contributed by atoms with van der Waals surface area (Å²) >= 11 is 1.14. The lowest BCUT2D eigenvalue weighted by Gasteiger charge is -2.25. The third-order valence-electron chi connectivity index (χ3n) is 3.22. The van der Waals surface area contributed by atoms with Crippen molar-refractivity contribution >= 4 is 46.6 Å². The van der Waals surface area contributed by atoms with Crippen LogP contribution in [0.4, 0.5) is 10.5 Å². The molecule has 1 aliphatic heterocycles. The number of thiophene rings is 1. The van der Waals surface area contributed by atoms with Crippen LogP contribution in [0.25, 0.3) is 0 Å². The summed E-state index contributed by atoms with van der Waals surface area (Å²) in [6.07, 6.45) is -0.676. The van der Waals surface area contributed by atoms with Gasteiger partial charge in [-0.25, -0.2) is 14.6 Å². The average molecular weight is 367 g/mol. The third kappa shape index (κ3) is 4.02. The number of anilines is 1. The summed E-state index contributed by atoms with van der Waals surface area (Å²) in [5.41, 5.74) is 0.315. The van der Waals surface area contributed by atoms with Crippen molar-refractivity contribution in [2.24, 2.45) is 10.9 Å². The highest BCUT2D eigenvalue weighted by atomic mass is 32.1. The van der Waals surface area contributed by atoms with Gasteiger partial charge in [0.1, 0.15) is 0 Å². The van der Waals surface area contributed by atoms with E-state index in [4.69, 9.17) is 9.84 Å². The van der Waals surface area contributed by atoms with E-state index < -0.39 is 29.8 Å². The van der Waals surface area contributed by atoms with Gasteiger partial charge in [-0.05, 0) is 17.4 Å². The average Bonchev–Trinajstić information content (AvgIpc) is 2.98. The third-order valence-corrected chi connectivity index (χ3v) is 4.13. The number of rotatable bonds is 5. The first-order chi connectivity index (χ1) is 11.7. The molecular weight excluding hydrogens is 350 g/mol. The van der Waals surface area contributed by atoms with E-state index in [1.165, 1.54) is 7.05 Å². The van der Waals surface area contributed by atoms with Gasteiger partial charge in [0, 0.05) is 7.05 Å². The van der Waals surface area contributed by atoms with E-state index >= 15 is 0 Å². The number of nitrogens with zero attached hydrogens (tertiary/aromatic N) is 2. The monoisotopic (exact) mass is 367 g/mol. The second-order valence-electron chi connectivity index (χ2n) is 5.70. The van der Waals surface area contributed by atoms with Crippen molar-refractivity contribution in [3.8, 4) is 0 Å². The Morgan fingerprint density at radius 1 is 1.44 bits per heavy atom. The van der Waals surface area contributed by atoms with Gasteiger partial charge in [0.25, 0.3) is 11.7 Å². The Labute approximate surface area is 147 Å². The highest BCUT2D eigenvalue weighted by Gasteiger charge is 2.40. The van der Waals surface area contributed by atoms with Crippen molar-refractivity contribution in [1.29, 1.82) is 0 Å². The van der Waals surface area contributed by atoms with Crippen molar-refractivity contribution in [1.82, 2.24) is 4.90 Å². The number of amides is 2. The highest BCUT2D eigenvalue weighted by molar-refractivity contribution is 7.12. The molecule has 0 saturated heterocycles. The summed E-state index contributed by atoms with van der Waals surface area (Å²) in [5.74, 6) is -3.42. The normalized spacial score (nSPS) is 17.5. The molecule has 1 aliphatic rings. The number of aliphatic carboxylic acids is 1. The Hall–Kier alpha value is -2.75. The van der Waals surface area contributed by atoms with Crippen LogP contribution in [-0.4, -0.2) is 59.3 Å². The van der Waals surface area contributed by atoms with Crippen LogP contribution in [-0.2, 0) is 19.1 Å². The summed E-state index contributed by atoms with van der Waals surface area (Å²) in [5, 5.41) is 13.3. The summed E-state index contributed by atoms with van der Waals surface area (Å²) < 4.78 is 5.03. The van der Waals surface area contributed by atoms with E-state index in [2.05, 4.69) is 10.3 Å². The van der Waals surface area contributed by atoms with Crippen molar-refractivity contribution < 1.29 is 29.0 Å². The minimum atomic E-state index is -1.79. The fraction of sp³-hybridized carbons (Fsp3) is 0.400. The Bertz CT molecular complexity index is 754. The molecule has 0 saturated carbocycles. The summed E-state index contributed by atoms with van der Waals surface area (Å²) in [4.78, 5) is 51.9. The molecule has 9 nitrogen and oxygen atoms in total. The van der Waals surface area contributed by atoms with Crippen molar-refractivity contribution in [3.05, 3.63) is 16.3 Å². The summed E-state index contributed by atoms with van der Waals surface area (Å²) in [6.45, 7) is 4.02. The lowest BCUT2D eigenvalue weighted by molar-refractivity contribution is -0.149. The molecule has 2 amide bonds. The van der Waals surface area contributed by atoms with Crippen LogP contribution in [0.5, 0.6) is 0 Å². The number of ketones is 1. The maximum Gasteiger partial charge on any atom is 0.411 e.